The topological polar surface area (TPSA) is 103 Å². The van der Waals surface area contributed by atoms with Crippen LogP contribution in [0.5, 0.6) is 0 Å². The maximum absolute atomic E-state index is 11.8. The number of rotatable bonds is 4. The summed E-state index contributed by atoms with van der Waals surface area (Å²) in [4.78, 5) is 26.0. The molecule has 7 heteroatoms. The number of ketones is 1. The van der Waals surface area contributed by atoms with Gasteiger partial charge in [0.25, 0.3) is 5.69 Å². The Labute approximate surface area is 115 Å². The first kappa shape index (κ1) is 14.5. The highest BCUT2D eigenvalue weighted by atomic mass is 16.6. The second-order valence-corrected chi connectivity index (χ2v) is 4.76. The van der Waals surface area contributed by atoms with Crippen molar-refractivity contribution in [1.82, 2.24) is 4.98 Å². The number of nitrogens with zero attached hydrogens (tertiary/aromatic N) is 2. The monoisotopic (exact) mass is 280 g/mol. The molecule has 1 aromatic heterocycles. The van der Waals surface area contributed by atoms with E-state index in [0.717, 1.165) is 12.6 Å². The zero-order valence-electron chi connectivity index (χ0n) is 11.1. The Kier molecular flexibility index (Phi) is 4.41. The van der Waals surface area contributed by atoms with Crippen molar-refractivity contribution < 1.29 is 19.6 Å². The lowest BCUT2D eigenvalue weighted by molar-refractivity contribution is -0.386. The number of aromatic nitrogens is 1. The third-order valence-electron chi connectivity index (χ3n) is 3.36. The van der Waals surface area contributed by atoms with Gasteiger partial charge in [0.2, 0.25) is 0 Å². The molecule has 0 amide bonds. The van der Waals surface area contributed by atoms with Crippen molar-refractivity contribution in [3.8, 4) is 0 Å². The number of carbonyl (C=O) groups is 1. The maximum Gasteiger partial charge on any atom is 0.293 e. The number of carbonyl (C=O) groups excluding carboxylic acids is 1. The smallest absolute Gasteiger partial charge is 0.293 e. The van der Waals surface area contributed by atoms with Crippen LogP contribution >= 0.6 is 0 Å². The van der Waals surface area contributed by atoms with E-state index in [1.165, 1.54) is 12.3 Å². The van der Waals surface area contributed by atoms with Crippen molar-refractivity contribution in [2.24, 2.45) is 0 Å². The number of nitro groups is 1. The summed E-state index contributed by atoms with van der Waals surface area (Å²) < 4.78 is 5.68. The minimum Gasteiger partial charge on any atom is -0.383 e. The Bertz CT molecular complexity index is 519. The van der Waals surface area contributed by atoms with E-state index < -0.39 is 23.2 Å². The van der Waals surface area contributed by atoms with Gasteiger partial charge in [0, 0.05) is 12.6 Å². The van der Waals surface area contributed by atoms with Crippen LogP contribution in [0.3, 0.4) is 0 Å². The van der Waals surface area contributed by atoms with Crippen molar-refractivity contribution in [3.05, 3.63) is 34.1 Å². The van der Waals surface area contributed by atoms with Gasteiger partial charge in [0.05, 0.1) is 22.7 Å². The van der Waals surface area contributed by atoms with E-state index in [1.54, 1.807) is 0 Å². The number of Topliss-reactive ketones (excluding diaryl/α,β-unsaturated/α-hetero) is 1. The molecule has 3 atom stereocenters. The quantitative estimate of drug-likeness (QED) is 0.663. The van der Waals surface area contributed by atoms with Gasteiger partial charge < -0.3 is 9.84 Å². The van der Waals surface area contributed by atoms with Gasteiger partial charge in [-0.1, -0.05) is 13.3 Å². The number of hydrogen-bond acceptors (Lipinski definition) is 6. The summed E-state index contributed by atoms with van der Waals surface area (Å²) in [7, 11) is 0. The van der Waals surface area contributed by atoms with Gasteiger partial charge >= 0.3 is 0 Å². The van der Waals surface area contributed by atoms with Crippen LogP contribution in [0.25, 0.3) is 0 Å². The van der Waals surface area contributed by atoms with Crippen molar-refractivity contribution in [2.45, 2.75) is 44.5 Å². The molecule has 0 saturated carbocycles. The largest absolute Gasteiger partial charge is 0.383 e. The molecule has 2 rings (SSSR count). The van der Waals surface area contributed by atoms with Gasteiger partial charge in [-0.25, -0.2) is 0 Å². The third-order valence-corrected chi connectivity index (χ3v) is 3.36. The van der Waals surface area contributed by atoms with Crippen LogP contribution in [0, 0.1) is 10.1 Å². The molecule has 2 heterocycles. The molecule has 0 aromatic carbocycles. The Hall–Kier alpha value is -1.86. The molecule has 1 N–H and O–H groups in total. The van der Waals surface area contributed by atoms with Crippen LogP contribution in [0.15, 0.2) is 18.5 Å². The van der Waals surface area contributed by atoms with Gasteiger partial charge in [-0.2, -0.15) is 0 Å². The standard InChI is InChI=1S/C13H16N2O5/c1-2-3-11-13(17)10(16)6-12(20-11)8-4-5-14-7-9(8)15(18)19/h4-5,7,11-13,17H,2-3,6H2,1H3/t11?,12-,13+/m1/s1. The fraction of sp³-hybridized carbons (Fsp3) is 0.538. The van der Waals surface area contributed by atoms with Crippen LogP contribution in [0.1, 0.15) is 37.9 Å². The summed E-state index contributed by atoms with van der Waals surface area (Å²) in [6.07, 6.45) is 1.32. The first-order chi connectivity index (χ1) is 9.54. The van der Waals surface area contributed by atoms with Crippen molar-refractivity contribution in [1.29, 1.82) is 0 Å². The van der Waals surface area contributed by atoms with E-state index in [9.17, 15) is 20.0 Å². The summed E-state index contributed by atoms with van der Waals surface area (Å²) >= 11 is 0. The molecular formula is C13H16N2O5. The lowest BCUT2D eigenvalue weighted by Gasteiger charge is -2.32. The van der Waals surface area contributed by atoms with Crippen molar-refractivity contribution in [2.75, 3.05) is 0 Å². The van der Waals surface area contributed by atoms with Gasteiger partial charge in [-0.15, -0.1) is 0 Å². The fourth-order valence-electron chi connectivity index (χ4n) is 2.36. The molecule has 1 aromatic rings. The zero-order chi connectivity index (χ0) is 14.7. The van der Waals surface area contributed by atoms with E-state index in [4.69, 9.17) is 4.74 Å². The Balaban J connectivity index is 2.29. The highest BCUT2D eigenvalue weighted by Crippen LogP contribution is 2.35. The van der Waals surface area contributed by atoms with E-state index in [0.29, 0.717) is 12.0 Å². The molecule has 108 valence electrons. The molecular weight excluding hydrogens is 264 g/mol. The molecule has 0 bridgehead atoms. The Morgan fingerprint density at radius 3 is 3.00 bits per heavy atom. The molecule has 0 radical (unpaired) electrons. The number of hydrogen-bond donors (Lipinski definition) is 1. The molecule has 7 nitrogen and oxygen atoms in total. The first-order valence-corrected chi connectivity index (χ1v) is 6.49. The molecule has 1 aliphatic heterocycles. The molecule has 1 unspecified atom stereocenters. The molecule has 0 spiro atoms. The summed E-state index contributed by atoms with van der Waals surface area (Å²) in [6.45, 7) is 1.92. The van der Waals surface area contributed by atoms with Gasteiger partial charge in [0.1, 0.15) is 12.3 Å². The predicted molar refractivity (Wildman–Crippen MR) is 69.0 cm³/mol. The molecule has 20 heavy (non-hydrogen) atoms. The molecule has 1 fully saturated rings. The minimum atomic E-state index is -1.15. The third kappa shape index (κ3) is 2.83. The van der Waals surface area contributed by atoms with Crippen LogP contribution in [0.2, 0.25) is 0 Å². The number of ether oxygens (including phenoxy) is 1. The number of aliphatic hydroxyl groups excluding tert-OH is 1. The van der Waals surface area contributed by atoms with Gasteiger partial charge in [-0.3, -0.25) is 19.9 Å². The second-order valence-electron chi connectivity index (χ2n) is 4.76. The lowest BCUT2D eigenvalue weighted by atomic mass is 9.93. The average Bonchev–Trinajstić information content (AvgIpc) is 2.43. The highest BCUT2D eigenvalue weighted by Gasteiger charge is 2.38. The zero-order valence-corrected chi connectivity index (χ0v) is 11.1. The fourth-order valence-corrected chi connectivity index (χ4v) is 2.36. The highest BCUT2D eigenvalue weighted by molar-refractivity contribution is 5.84. The van der Waals surface area contributed by atoms with Crippen LogP contribution in [0.4, 0.5) is 5.69 Å². The van der Waals surface area contributed by atoms with Crippen LogP contribution < -0.4 is 0 Å². The van der Waals surface area contributed by atoms with Crippen molar-refractivity contribution in [3.63, 3.8) is 0 Å². The molecule has 1 aliphatic rings. The number of pyridine rings is 1. The van der Waals surface area contributed by atoms with E-state index in [-0.39, 0.29) is 17.9 Å². The maximum atomic E-state index is 11.8. The number of aliphatic hydroxyl groups is 1. The normalized spacial score (nSPS) is 26.5. The first-order valence-electron chi connectivity index (χ1n) is 6.49. The van der Waals surface area contributed by atoms with Gasteiger partial charge in [0.15, 0.2) is 5.78 Å². The summed E-state index contributed by atoms with van der Waals surface area (Å²) in [5.74, 6) is -0.342. The summed E-state index contributed by atoms with van der Waals surface area (Å²) in [6, 6.07) is 1.48. The van der Waals surface area contributed by atoms with Crippen molar-refractivity contribution >= 4 is 11.5 Å². The predicted octanol–water partition coefficient (Wildman–Crippen LogP) is 1.55. The summed E-state index contributed by atoms with van der Waals surface area (Å²) in [5.41, 5.74) is 0.156. The Morgan fingerprint density at radius 2 is 2.35 bits per heavy atom. The Morgan fingerprint density at radius 1 is 1.60 bits per heavy atom. The average molecular weight is 280 g/mol. The SMILES string of the molecule is CCCC1O[C@@H](c2ccncc2[N+](=O)[O-])CC(=O)[C@@H]1O. The summed E-state index contributed by atoms with van der Waals surface area (Å²) in [5, 5.41) is 20.8. The van der Waals surface area contributed by atoms with E-state index in [1.807, 2.05) is 6.92 Å². The molecule has 1 saturated heterocycles. The van der Waals surface area contributed by atoms with Gasteiger partial charge in [-0.05, 0) is 12.5 Å². The van der Waals surface area contributed by atoms with Crippen LogP contribution in [-0.2, 0) is 9.53 Å². The van der Waals surface area contributed by atoms with E-state index in [2.05, 4.69) is 4.98 Å². The lowest BCUT2D eigenvalue weighted by Crippen LogP contribution is -2.42. The minimum absolute atomic E-state index is 0.0633. The van der Waals surface area contributed by atoms with E-state index >= 15 is 0 Å². The van der Waals surface area contributed by atoms with Crippen LogP contribution in [-0.4, -0.2) is 33.0 Å². The molecule has 0 aliphatic carbocycles. The second kappa shape index (κ2) is 6.06.